The smallest absolute Gasteiger partial charge is 0.327 e. The summed E-state index contributed by atoms with van der Waals surface area (Å²) in [5.41, 5.74) is -0.652. The highest BCUT2D eigenvalue weighted by atomic mass is 19.1. The molecule has 6 nitrogen and oxygen atoms in total. The highest BCUT2D eigenvalue weighted by molar-refractivity contribution is 5.65. The van der Waals surface area contributed by atoms with Gasteiger partial charge in [0.05, 0.1) is 18.6 Å². The first-order chi connectivity index (χ1) is 8.53. The predicted molar refractivity (Wildman–Crippen MR) is 64.4 cm³/mol. The number of aliphatic hydroxyl groups is 1. The second-order valence-electron chi connectivity index (χ2n) is 3.69. The maximum absolute atomic E-state index is 13.6. The van der Waals surface area contributed by atoms with Crippen LogP contribution >= 0.6 is 0 Å². The van der Waals surface area contributed by atoms with Gasteiger partial charge in [0.2, 0.25) is 5.82 Å². The van der Waals surface area contributed by atoms with E-state index in [0.29, 0.717) is 6.42 Å². The minimum Gasteiger partial charge on any atom is -0.497 e. The van der Waals surface area contributed by atoms with Gasteiger partial charge < -0.3 is 15.2 Å². The van der Waals surface area contributed by atoms with Gasteiger partial charge in [0.1, 0.15) is 11.4 Å². The molecule has 1 aromatic carbocycles. The van der Waals surface area contributed by atoms with E-state index in [0.717, 1.165) is 6.07 Å². The largest absolute Gasteiger partial charge is 0.497 e. The minimum absolute atomic E-state index is 0.00208. The third-order valence-corrected chi connectivity index (χ3v) is 2.53. The van der Waals surface area contributed by atoms with Crippen LogP contribution in [-0.4, -0.2) is 29.8 Å². The lowest BCUT2D eigenvalue weighted by Crippen LogP contribution is -2.23. The Morgan fingerprint density at radius 3 is 2.72 bits per heavy atom. The number of ether oxygens (including phenoxy) is 1. The maximum Gasteiger partial charge on any atom is 0.327 e. The summed E-state index contributed by atoms with van der Waals surface area (Å²) in [6.45, 7) is 1.60. The molecule has 7 heteroatoms. The number of nitro groups is 1. The van der Waals surface area contributed by atoms with E-state index in [1.807, 2.05) is 0 Å². The number of hydrogen-bond donors (Lipinski definition) is 2. The van der Waals surface area contributed by atoms with Crippen LogP contribution in [0.3, 0.4) is 0 Å². The Kier molecular flexibility index (Phi) is 4.85. The Balaban J connectivity index is 3.20. The normalized spacial score (nSPS) is 12.0. The van der Waals surface area contributed by atoms with Crippen LogP contribution in [0.1, 0.15) is 13.3 Å². The first-order valence-corrected chi connectivity index (χ1v) is 5.42. The number of methoxy groups -OCH3 is 1. The van der Waals surface area contributed by atoms with E-state index >= 15 is 0 Å². The summed E-state index contributed by atoms with van der Waals surface area (Å²) in [5.74, 6) is -0.803. The van der Waals surface area contributed by atoms with Crippen LogP contribution in [0.15, 0.2) is 12.1 Å². The van der Waals surface area contributed by atoms with Crippen molar-refractivity contribution >= 4 is 11.4 Å². The Morgan fingerprint density at radius 2 is 2.28 bits per heavy atom. The van der Waals surface area contributed by atoms with Crippen molar-refractivity contribution in [2.75, 3.05) is 19.0 Å². The lowest BCUT2D eigenvalue weighted by Gasteiger charge is -2.16. The molecule has 2 N–H and O–H groups in total. The third kappa shape index (κ3) is 3.07. The molecular formula is C11H15FN2O4. The van der Waals surface area contributed by atoms with Crippen molar-refractivity contribution in [3.8, 4) is 5.75 Å². The molecule has 0 aromatic heterocycles. The second kappa shape index (κ2) is 6.15. The molecule has 0 unspecified atom stereocenters. The number of nitrogens with zero attached hydrogens (tertiary/aromatic N) is 1. The Labute approximate surface area is 104 Å². The number of halogens is 1. The van der Waals surface area contributed by atoms with E-state index in [1.165, 1.54) is 13.2 Å². The van der Waals surface area contributed by atoms with Gasteiger partial charge in [-0.2, -0.15) is 4.39 Å². The number of hydrogen-bond acceptors (Lipinski definition) is 5. The van der Waals surface area contributed by atoms with Gasteiger partial charge in [-0.3, -0.25) is 10.1 Å². The average molecular weight is 258 g/mol. The van der Waals surface area contributed by atoms with E-state index in [1.54, 1.807) is 6.92 Å². The van der Waals surface area contributed by atoms with Gasteiger partial charge in [-0.25, -0.2) is 0 Å². The molecule has 0 aliphatic heterocycles. The number of nitro benzene ring substituents is 1. The summed E-state index contributed by atoms with van der Waals surface area (Å²) in [6.07, 6.45) is 0.548. The maximum atomic E-state index is 13.6. The van der Waals surface area contributed by atoms with Crippen LogP contribution in [0.2, 0.25) is 0 Å². The standard InChI is InChI=1S/C11H15FN2O4/c1-3-7(6-15)13-10-5-8(18-2)4-9(12)11(10)14(16)17/h4-5,7,13,15H,3,6H2,1-2H3/t7-/m0/s1. The van der Waals surface area contributed by atoms with Gasteiger partial charge in [0.25, 0.3) is 0 Å². The monoisotopic (exact) mass is 258 g/mol. The zero-order chi connectivity index (χ0) is 13.7. The Bertz CT molecular complexity index is 435. The van der Waals surface area contributed by atoms with Crippen LogP contribution < -0.4 is 10.1 Å². The van der Waals surface area contributed by atoms with Gasteiger partial charge in [0.15, 0.2) is 0 Å². The zero-order valence-corrected chi connectivity index (χ0v) is 10.1. The molecular weight excluding hydrogens is 243 g/mol. The molecule has 1 aromatic rings. The second-order valence-corrected chi connectivity index (χ2v) is 3.69. The Morgan fingerprint density at radius 1 is 1.61 bits per heavy atom. The fourth-order valence-corrected chi connectivity index (χ4v) is 1.48. The molecule has 0 fully saturated rings. The first kappa shape index (κ1) is 14.2. The summed E-state index contributed by atoms with van der Waals surface area (Å²) < 4.78 is 18.4. The van der Waals surface area contributed by atoms with Gasteiger partial charge in [-0.05, 0) is 6.42 Å². The van der Waals surface area contributed by atoms with Crippen LogP contribution in [0.4, 0.5) is 15.8 Å². The molecule has 0 amide bonds. The average Bonchev–Trinajstić information content (AvgIpc) is 2.34. The van der Waals surface area contributed by atoms with E-state index in [9.17, 15) is 14.5 Å². The van der Waals surface area contributed by atoms with Crippen molar-refractivity contribution in [3.63, 3.8) is 0 Å². The Hall–Kier alpha value is -1.89. The molecule has 0 aliphatic rings. The number of rotatable bonds is 6. The van der Waals surface area contributed by atoms with E-state index in [4.69, 9.17) is 9.84 Å². The molecule has 1 rings (SSSR count). The topological polar surface area (TPSA) is 84.6 Å². The minimum atomic E-state index is -0.977. The number of benzene rings is 1. The van der Waals surface area contributed by atoms with Crippen molar-refractivity contribution in [2.45, 2.75) is 19.4 Å². The number of anilines is 1. The molecule has 0 saturated carbocycles. The summed E-state index contributed by atoms with van der Waals surface area (Å²) in [5, 5.41) is 22.6. The first-order valence-electron chi connectivity index (χ1n) is 5.42. The number of aliphatic hydroxyl groups excluding tert-OH is 1. The molecule has 0 radical (unpaired) electrons. The highest BCUT2D eigenvalue weighted by Gasteiger charge is 2.23. The van der Waals surface area contributed by atoms with Crippen LogP contribution in [0, 0.1) is 15.9 Å². The lowest BCUT2D eigenvalue weighted by atomic mass is 10.2. The van der Waals surface area contributed by atoms with Crippen molar-refractivity contribution < 1.29 is 19.2 Å². The van der Waals surface area contributed by atoms with Crippen molar-refractivity contribution in [1.29, 1.82) is 0 Å². The molecule has 0 aliphatic carbocycles. The van der Waals surface area contributed by atoms with Gasteiger partial charge in [-0.15, -0.1) is 0 Å². The van der Waals surface area contributed by atoms with Gasteiger partial charge in [0, 0.05) is 18.2 Å². The third-order valence-electron chi connectivity index (χ3n) is 2.53. The summed E-state index contributed by atoms with van der Waals surface area (Å²) in [7, 11) is 1.34. The molecule has 1 atom stereocenters. The zero-order valence-electron chi connectivity index (χ0n) is 10.1. The van der Waals surface area contributed by atoms with Crippen molar-refractivity contribution in [2.24, 2.45) is 0 Å². The van der Waals surface area contributed by atoms with Crippen molar-refractivity contribution in [3.05, 3.63) is 28.1 Å². The molecule has 100 valence electrons. The van der Waals surface area contributed by atoms with E-state index in [-0.39, 0.29) is 24.1 Å². The fourth-order valence-electron chi connectivity index (χ4n) is 1.48. The number of nitrogens with one attached hydrogen (secondary N) is 1. The quantitative estimate of drug-likeness (QED) is 0.601. The molecule has 18 heavy (non-hydrogen) atoms. The summed E-state index contributed by atoms with van der Waals surface area (Å²) in [4.78, 5) is 10.0. The fraction of sp³-hybridized carbons (Fsp3) is 0.455. The summed E-state index contributed by atoms with van der Waals surface area (Å²) >= 11 is 0. The van der Waals surface area contributed by atoms with Gasteiger partial charge >= 0.3 is 5.69 Å². The van der Waals surface area contributed by atoms with Crippen molar-refractivity contribution in [1.82, 2.24) is 0 Å². The van der Waals surface area contributed by atoms with Crippen LogP contribution in [0.25, 0.3) is 0 Å². The highest BCUT2D eigenvalue weighted by Crippen LogP contribution is 2.32. The van der Waals surface area contributed by atoms with Crippen LogP contribution in [0.5, 0.6) is 5.75 Å². The summed E-state index contributed by atoms with van der Waals surface area (Å²) in [6, 6.07) is 1.90. The molecule has 0 spiro atoms. The predicted octanol–water partition coefficient (Wildman–Crippen LogP) is 1.93. The molecule has 0 bridgehead atoms. The van der Waals surface area contributed by atoms with Gasteiger partial charge in [-0.1, -0.05) is 6.92 Å². The van der Waals surface area contributed by atoms with E-state index in [2.05, 4.69) is 5.32 Å². The lowest BCUT2D eigenvalue weighted by molar-refractivity contribution is -0.386. The molecule has 0 saturated heterocycles. The van der Waals surface area contributed by atoms with Crippen LogP contribution in [-0.2, 0) is 0 Å². The molecule has 0 heterocycles. The SMILES string of the molecule is CC[C@@H](CO)Nc1cc(OC)cc(F)c1[N+](=O)[O-]. The van der Waals surface area contributed by atoms with E-state index < -0.39 is 16.4 Å².